The molecule has 0 aliphatic heterocycles. The fourth-order valence-corrected chi connectivity index (χ4v) is 5.77. The van der Waals surface area contributed by atoms with E-state index in [2.05, 4.69) is 21.3 Å². The van der Waals surface area contributed by atoms with Gasteiger partial charge in [0.25, 0.3) is 0 Å². The second kappa shape index (κ2) is 42.4. The van der Waals surface area contributed by atoms with Crippen LogP contribution in [0, 0.1) is 5.41 Å². The Morgan fingerprint density at radius 3 is 1.22 bits per heavy atom. The number of aldehydes is 1. The van der Waals surface area contributed by atoms with E-state index in [1.54, 1.807) is 0 Å². The van der Waals surface area contributed by atoms with E-state index < -0.39 is 17.4 Å². The van der Waals surface area contributed by atoms with Gasteiger partial charge in [0.2, 0.25) is 23.6 Å². The summed E-state index contributed by atoms with van der Waals surface area (Å²) < 4.78 is 32.0. The van der Waals surface area contributed by atoms with E-state index in [1.807, 2.05) is 20.8 Å². The molecule has 0 heterocycles. The number of carboxylic acid groups (broad SMARTS) is 1. The Kier molecular flexibility index (Phi) is 40.0. The largest absolute Gasteiger partial charge is 0.481 e. The number of ketones is 1. The summed E-state index contributed by atoms with van der Waals surface area (Å²) in [6.07, 6.45) is 17.1. The summed E-state index contributed by atoms with van der Waals surface area (Å²) >= 11 is 0. The van der Waals surface area contributed by atoms with Crippen molar-refractivity contribution in [1.82, 2.24) is 21.3 Å². The number of unbranched alkanes of at least 4 members (excludes halogenated alkanes) is 13. The van der Waals surface area contributed by atoms with E-state index in [-0.39, 0.29) is 121 Å². The van der Waals surface area contributed by atoms with Crippen molar-refractivity contribution in [2.24, 2.45) is 5.41 Å². The molecule has 5 N–H and O–H groups in total. The first kappa shape index (κ1) is 59.5. The average molecular weight is 903 g/mol. The summed E-state index contributed by atoms with van der Waals surface area (Å²) in [5, 5.41) is 19.4. The van der Waals surface area contributed by atoms with Gasteiger partial charge in [-0.05, 0) is 19.3 Å². The van der Waals surface area contributed by atoms with Crippen LogP contribution in [0.25, 0.3) is 0 Å². The zero-order valence-corrected chi connectivity index (χ0v) is 38.7. The lowest BCUT2D eigenvalue weighted by Crippen LogP contribution is -2.37. The number of carbonyl (C=O) groups excluding carboxylic acids is 6. The van der Waals surface area contributed by atoms with E-state index in [4.69, 9.17) is 33.5 Å². The SMILES string of the molecule is CC(C)(C)C(=O)COCCOCCNC(=O)COCCOCCNC(=O)COCCOCCNC(=O)CCC(C=O)NC(=O)CCCCCCCCCCCCCCCCC(=O)O. The Bertz CT molecular complexity index is 1220. The second-order valence-corrected chi connectivity index (χ2v) is 16.4. The lowest BCUT2D eigenvalue weighted by Gasteiger charge is -2.16. The topological polar surface area (TPSA) is 243 Å². The first-order valence-electron chi connectivity index (χ1n) is 23.1. The molecule has 0 aliphatic rings. The summed E-state index contributed by atoms with van der Waals surface area (Å²) in [6, 6.07) is -0.709. The minimum atomic E-state index is -0.709. The van der Waals surface area contributed by atoms with Gasteiger partial charge in [0.15, 0.2) is 5.78 Å². The molecule has 63 heavy (non-hydrogen) atoms. The van der Waals surface area contributed by atoms with Crippen LogP contribution in [0.3, 0.4) is 0 Å². The highest BCUT2D eigenvalue weighted by molar-refractivity contribution is 5.84. The van der Waals surface area contributed by atoms with E-state index >= 15 is 0 Å². The smallest absolute Gasteiger partial charge is 0.303 e. The Morgan fingerprint density at radius 2 is 0.825 bits per heavy atom. The predicted molar refractivity (Wildman–Crippen MR) is 237 cm³/mol. The summed E-state index contributed by atoms with van der Waals surface area (Å²) in [4.78, 5) is 81.9. The van der Waals surface area contributed by atoms with Crippen molar-refractivity contribution in [3.63, 3.8) is 0 Å². The first-order valence-corrected chi connectivity index (χ1v) is 23.1. The number of carbonyl (C=O) groups is 7. The van der Waals surface area contributed by atoms with Gasteiger partial charge in [0.1, 0.15) is 26.1 Å². The van der Waals surface area contributed by atoms with Crippen molar-refractivity contribution < 1.29 is 67.1 Å². The van der Waals surface area contributed by atoms with Gasteiger partial charge in [0.05, 0.1) is 65.5 Å². The lowest BCUT2D eigenvalue weighted by molar-refractivity contribution is -0.137. The van der Waals surface area contributed by atoms with Gasteiger partial charge in [-0.15, -0.1) is 0 Å². The monoisotopic (exact) mass is 903 g/mol. The van der Waals surface area contributed by atoms with Crippen molar-refractivity contribution in [3.05, 3.63) is 0 Å². The number of nitrogens with one attached hydrogen (secondary N) is 4. The van der Waals surface area contributed by atoms with Crippen molar-refractivity contribution >= 4 is 41.7 Å². The minimum Gasteiger partial charge on any atom is -0.481 e. The molecule has 366 valence electrons. The number of rotatable bonds is 46. The van der Waals surface area contributed by atoms with Crippen LogP contribution in [-0.4, -0.2) is 152 Å². The number of ether oxygens (including phenoxy) is 6. The van der Waals surface area contributed by atoms with Crippen molar-refractivity contribution in [1.29, 1.82) is 0 Å². The van der Waals surface area contributed by atoms with Gasteiger partial charge >= 0.3 is 5.97 Å². The van der Waals surface area contributed by atoms with Crippen LogP contribution in [-0.2, 0) is 62.0 Å². The van der Waals surface area contributed by atoms with Gasteiger partial charge in [-0.25, -0.2) is 0 Å². The molecular weight excluding hydrogens is 821 g/mol. The second-order valence-electron chi connectivity index (χ2n) is 16.4. The number of aliphatic carboxylic acids is 1. The standard InChI is InChI=1S/C45H82N4O14/c1-45(2,3)39(51)35-61-31-28-59-26-23-47-42(54)37-63-33-30-60-27-24-48-43(55)36-62-32-29-58-25-22-46-40(52)21-20-38(34-50)49-41(53)18-16-14-12-10-8-6-4-5-7-9-11-13-15-17-19-44(56)57/h34,38H,4-33,35-37H2,1-3H3,(H,46,52)(H,47,54)(H,48,55)(H,49,53)(H,56,57). The fourth-order valence-electron chi connectivity index (χ4n) is 5.77. The molecule has 1 unspecified atom stereocenters. The zero-order chi connectivity index (χ0) is 46.7. The molecule has 0 fully saturated rings. The molecule has 0 aromatic carbocycles. The summed E-state index contributed by atoms with van der Waals surface area (Å²) in [5.41, 5.74) is -0.433. The Morgan fingerprint density at radius 1 is 0.460 bits per heavy atom. The molecule has 0 saturated carbocycles. The third kappa shape index (κ3) is 43.5. The molecule has 18 heteroatoms. The van der Waals surface area contributed by atoms with Crippen LogP contribution in [0.2, 0.25) is 0 Å². The summed E-state index contributed by atoms with van der Waals surface area (Å²) in [6.45, 7) is 8.49. The average Bonchev–Trinajstić information content (AvgIpc) is 3.24. The van der Waals surface area contributed by atoms with Gasteiger partial charge in [-0.1, -0.05) is 97.8 Å². The predicted octanol–water partition coefficient (Wildman–Crippen LogP) is 3.84. The molecule has 0 saturated heterocycles. The maximum Gasteiger partial charge on any atom is 0.303 e. The molecule has 0 spiro atoms. The maximum absolute atomic E-state index is 12.3. The van der Waals surface area contributed by atoms with Crippen LogP contribution in [0.4, 0.5) is 0 Å². The number of carboxylic acids is 1. The Hall–Kier alpha value is -3.55. The Labute approximate surface area is 376 Å². The molecule has 1 atom stereocenters. The Balaban J connectivity index is 3.55. The normalized spacial score (nSPS) is 11.8. The first-order chi connectivity index (χ1) is 30.3. The molecule has 0 radical (unpaired) electrons. The lowest BCUT2D eigenvalue weighted by atomic mass is 9.91. The van der Waals surface area contributed by atoms with Gasteiger partial charge in [-0.3, -0.25) is 28.8 Å². The van der Waals surface area contributed by atoms with Gasteiger partial charge in [-0.2, -0.15) is 0 Å². The summed E-state index contributed by atoms with van der Waals surface area (Å²) in [5.74, 6) is -1.70. The van der Waals surface area contributed by atoms with Crippen LogP contribution in [0.5, 0.6) is 0 Å². The molecule has 4 amide bonds. The van der Waals surface area contributed by atoms with E-state index in [9.17, 15) is 33.6 Å². The van der Waals surface area contributed by atoms with E-state index in [0.29, 0.717) is 39.1 Å². The molecule has 0 rings (SSSR count). The maximum atomic E-state index is 12.3. The minimum absolute atomic E-state index is 0.0245. The molecule has 0 aromatic heterocycles. The van der Waals surface area contributed by atoms with Gasteiger partial charge < -0.3 is 59.6 Å². The van der Waals surface area contributed by atoms with Gasteiger partial charge in [0, 0.05) is 44.3 Å². The zero-order valence-electron chi connectivity index (χ0n) is 38.7. The number of amides is 4. The van der Waals surface area contributed by atoms with Crippen molar-refractivity contribution in [2.45, 2.75) is 142 Å². The summed E-state index contributed by atoms with van der Waals surface area (Å²) in [7, 11) is 0. The van der Waals surface area contributed by atoms with Crippen molar-refractivity contribution in [3.8, 4) is 0 Å². The number of hydrogen-bond donors (Lipinski definition) is 5. The number of Topliss-reactive ketones (excluding diaryl/α,β-unsaturated/α-hetero) is 1. The van der Waals surface area contributed by atoms with Crippen LogP contribution < -0.4 is 21.3 Å². The molecule has 18 nitrogen and oxygen atoms in total. The van der Waals surface area contributed by atoms with Crippen molar-refractivity contribution in [2.75, 3.05) is 98.9 Å². The highest BCUT2D eigenvalue weighted by Crippen LogP contribution is 2.15. The third-order valence-corrected chi connectivity index (χ3v) is 9.60. The molecular formula is C45H82N4O14. The van der Waals surface area contributed by atoms with E-state index in [0.717, 1.165) is 44.9 Å². The van der Waals surface area contributed by atoms with Crippen LogP contribution >= 0.6 is 0 Å². The highest BCUT2D eigenvalue weighted by atomic mass is 16.5. The third-order valence-electron chi connectivity index (χ3n) is 9.60. The number of hydrogen-bond acceptors (Lipinski definition) is 13. The van der Waals surface area contributed by atoms with E-state index in [1.165, 1.54) is 44.9 Å². The molecule has 0 aliphatic carbocycles. The highest BCUT2D eigenvalue weighted by Gasteiger charge is 2.20. The quantitative estimate of drug-likeness (QED) is 0.0431. The van der Waals surface area contributed by atoms with Crippen LogP contribution in [0.1, 0.15) is 136 Å². The molecule has 0 bridgehead atoms. The fraction of sp³-hybridized carbons (Fsp3) is 0.844. The van der Waals surface area contributed by atoms with Crippen LogP contribution in [0.15, 0.2) is 0 Å². The molecule has 0 aromatic rings.